The fourth-order valence-corrected chi connectivity index (χ4v) is 4.68. The molecule has 8 heteroatoms. The van der Waals surface area contributed by atoms with Crippen molar-refractivity contribution in [2.75, 3.05) is 31.0 Å². The van der Waals surface area contributed by atoms with Gasteiger partial charge in [-0.2, -0.15) is 0 Å². The fourth-order valence-electron chi connectivity index (χ4n) is 3.46. The second kappa shape index (κ2) is 9.30. The maximum absolute atomic E-state index is 12.8. The number of nitrogens with zero attached hydrogens (tertiary/aromatic N) is 2. The summed E-state index contributed by atoms with van der Waals surface area (Å²) in [6, 6.07) is 14.7. The number of anilines is 1. The molecule has 0 saturated carbocycles. The smallest absolute Gasteiger partial charge is 0.309 e. The lowest BCUT2D eigenvalue weighted by Gasteiger charge is -2.31. The summed E-state index contributed by atoms with van der Waals surface area (Å²) in [7, 11) is -2.19. The van der Waals surface area contributed by atoms with Crippen LogP contribution in [0, 0.1) is 5.92 Å². The molecule has 2 aromatic rings. The van der Waals surface area contributed by atoms with Gasteiger partial charge in [0.05, 0.1) is 23.1 Å². The van der Waals surface area contributed by atoms with Gasteiger partial charge in [-0.1, -0.05) is 18.2 Å². The molecule has 0 spiro atoms. The zero-order chi connectivity index (χ0) is 21.7. The molecule has 0 aliphatic carbocycles. The third kappa shape index (κ3) is 4.64. The third-order valence-electron chi connectivity index (χ3n) is 5.28. The molecule has 3 rings (SSSR count). The number of amides is 1. The molecule has 160 valence electrons. The Balaban J connectivity index is 1.66. The van der Waals surface area contributed by atoms with E-state index in [1.165, 1.54) is 11.4 Å². The monoisotopic (exact) mass is 430 g/mol. The first-order valence-corrected chi connectivity index (χ1v) is 11.4. The third-order valence-corrected chi connectivity index (χ3v) is 7.08. The highest BCUT2D eigenvalue weighted by molar-refractivity contribution is 7.92. The van der Waals surface area contributed by atoms with Crippen molar-refractivity contribution >= 4 is 27.6 Å². The van der Waals surface area contributed by atoms with Gasteiger partial charge in [0.1, 0.15) is 0 Å². The summed E-state index contributed by atoms with van der Waals surface area (Å²) in [5.41, 5.74) is 0.954. The van der Waals surface area contributed by atoms with Gasteiger partial charge in [0.25, 0.3) is 15.9 Å². The Hall–Kier alpha value is -2.87. The van der Waals surface area contributed by atoms with Crippen LogP contribution in [0.3, 0.4) is 0 Å². The van der Waals surface area contributed by atoms with E-state index in [-0.39, 0.29) is 22.7 Å². The summed E-state index contributed by atoms with van der Waals surface area (Å²) in [6.45, 7) is 3.13. The maximum Gasteiger partial charge on any atom is 0.309 e. The SMILES string of the molecule is CCOC(=O)C1CCN(C(=O)c2ccc(N(C)S(=O)(=O)c3ccccc3)cc2)CC1. The van der Waals surface area contributed by atoms with Crippen LogP contribution in [0.15, 0.2) is 59.5 Å². The number of carbonyl (C=O) groups excluding carboxylic acids is 2. The molecular weight excluding hydrogens is 404 g/mol. The van der Waals surface area contributed by atoms with Gasteiger partial charge in [-0.15, -0.1) is 0 Å². The molecule has 0 bridgehead atoms. The van der Waals surface area contributed by atoms with Crippen molar-refractivity contribution in [3.05, 3.63) is 60.2 Å². The second-order valence-electron chi connectivity index (χ2n) is 7.15. The second-order valence-corrected chi connectivity index (χ2v) is 9.12. The van der Waals surface area contributed by atoms with Crippen molar-refractivity contribution < 1.29 is 22.7 Å². The topological polar surface area (TPSA) is 84.0 Å². The number of carbonyl (C=O) groups is 2. The first-order chi connectivity index (χ1) is 14.3. The molecule has 1 heterocycles. The normalized spacial score (nSPS) is 14.9. The molecule has 0 N–H and O–H groups in total. The Morgan fingerprint density at radius 3 is 2.20 bits per heavy atom. The van der Waals surface area contributed by atoms with Crippen molar-refractivity contribution in [3.8, 4) is 0 Å². The van der Waals surface area contributed by atoms with E-state index in [9.17, 15) is 18.0 Å². The van der Waals surface area contributed by atoms with E-state index in [4.69, 9.17) is 4.74 Å². The van der Waals surface area contributed by atoms with Crippen molar-refractivity contribution in [2.45, 2.75) is 24.7 Å². The first-order valence-electron chi connectivity index (χ1n) is 9.94. The van der Waals surface area contributed by atoms with Gasteiger partial charge in [0.15, 0.2) is 0 Å². The van der Waals surface area contributed by atoms with E-state index in [0.717, 1.165) is 0 Å². The number of benzene rings is 2. The largest absolute Gasteiger partial charge is 0.466 e. The van der Waals surface area contributed by atoms with Crippen LogP contribution in [0.4, 0.5) is 5.69 Å². The Labute approximate surface area is 177 Å². The van der Waals surface area contributed by atoms with Crippen LogP contribution in [0.1, 0.15) is 30.1 Å². The number of rotatable bonds is 6. The molecule has 0 atom stereocenters. The van der Waals surface area contributed by atoms with Gasteiger partial charge in [-0.3, -0.25) is 13.9 Å². The summed E-state index contributed by atoms with van der Waals surface area (Å²) in [5.74, 6) is -0.484. The predicted octanol–water partition coefficient (Wildman–Crippen LogP) is 2.93. The highest BCUT2D eigenvalue weighted by Gasteiger charge is 2.29. The quantitative estimate of drug-likeness (QED) is 0.658. The molecule has 1 amide bonds. The fraction of sp³-hybridized carbons (Fsp3) is 0.364. The predicted molar refractivity (Wildman–Crippen MR) is 114 cm³/mol. The highest BCUT2D eigenvalue weighted by Crippen LogP contribution is 2.24. The standard InChI is InChI=1S/C22H26N2O5S/c1-3-29-22(26)18-13-15-24(16-14-18)21(25)17-9-11-19(12-10-17)23(2)30(27,28)20-7-5-4-6-8-20/h4-12,18H,3,13-16H2,1-2H3. The zero-order valence-electron chi connectivity index (χ0n) is 17.2. The lowest BCUT2D eigenvalue weighted by atomic mass is 9.96. The summed E-state index contributed by atoms with van der Waals surface area (Å²) in [5, 5.41) is 0. The van der Waals surface area contributed by atoms with Crippen LogP contribution in [-0.2, 0) is 19.6 Å². The van der Waals surface area contributed by atoms with Crippen LogP contribution in [0.25, 0.3) is 0 Å². The minimum absolute atomic E-state index is 0.127. The molecule has 0 aromatic heterocycles. The number of likely N-dealkylation sites (tertiary alicyclic amines) is 1. The number of esters is 1. The molecule has 0 radical (unpaired) electrons. The lowest BCUT2D eigenvalue weighted by Crippen LogP contribution is -2.40. The average Bonchev–Trinajstić information content (AvgIpc) is 2.79. The van der Waals surface area contributed by atoms with E-state index in [2.05, 4.69) is 0 Å². The minimum atomic E-state index is -3.67. The van der Waals surface area contributed by atoms with Gasteiger partial charge in [0, 0.05) is 25.7 Å². The zero-order valence-corrected chi connectivity index (χ0v) is 18.0. The summed E-state index contributed by atoms with van der Waals surface area (Å²) in [6.07, 6.45) is 1.17. The van der Waals surface area contributed by atoms with E-state index < -0.39 is 10.0 Å². The van der Waals surface area contributed by atoms with Crippen LogP contribution in [0.2, 0.25) is 0 Å². The molecular formula is C22H26N2O5S. The van der Waals surface area contributed by atoms with Gasteiger partial charge < -0.3 is 9.64 Å². The van der Waals surface area contributed by atoms with Crippen molar-refractivity contribution in [2.24, 2.45) is 5.92 Å². The van der Waals surface area contributed by atoms with E-state index in [0.29, 0.717) is 43.8 Å². The maximum atomic E-state index is 12.8. The van der Waals surface area contributed by atoms with Crippen molar-refractivity contribution in [1.82, 2.24) is 4.90 Å². The molecule has 1 fully saturated rings. The Morgan fingerprint density at radius 2 is 1.63 bits per heavy atom. The summed E-state index contributed by atoms with van der Waals surface area (Å²) in [4.78, 5) is 26.6. The molecule has 2 aromatic carbocycles. The Kier molecular flexibility index (Phi) is 6.77. The van der Waals surface area contributed by atoms with Crippen LogP contribution < -0.4 is 4.31 Å². The molecule has 0 unspecified atom stereocenters. The van der Waals surface area contributed by atoms with Crippen LogP contribution >= 0.6 is 0 Å². The Morgan fingerprint density at radius 1 is 1.03 bits per heavy atom. The van der Waals surface area contributed by atoms with E-state index in [1.807, 2.05) is 0 Å². The van der Waals surface area contributed by atoms with E-state index in [1.54, 1.807) is 66.4 Å². The van der Waals surface area contributed by atoms with Crippen LogP contribution in [-0.4, -0.2) is 51.9 Å². The Bertz CT molecular complexity index is 982. The molecule has 7 nitrogen and oxygen atoms in total. The number of hydrogen-bond acceptors (Lipinski definition) is 5. The number of ether oxygens (including phenoxy) is 1. The van der Waals surface area contributed by atoms with Gasteiger partial charge in [0.2, 0.25) is 0 Å². The van der Waals surface area contributed by atoms with Gasteiger partial charge in [-0.05, 0) is 56.2 Å². The summed E-state index contributed by atoms with van der Waals surface area (Å²) >= 11 is 0. The minimum Gasteiger partial charge on any atom is -0.466 e. The average molecular weight is 431 g/mol. The lowest BCUT2D eigenvalue weighted by molar-refractivity contribution is -0.149. The first kappa shape index (κ1) is 21.8. The molecule has 30 heavy (non-hydrogen) atoms. The number of sulfonamides is 1. The van der Waals surface area contributed by atoms with Crippen molar-refractivity contribution in [1.29, 1.82) is 0 Å². The highest BCUT2D eigenvalue weighted by atomic mass is 32.2. The van der Waals surface area contributed by atoms with Gasteiger partial charge >= 0.3 is 5.97 Å². The summed E-state index contributed by atoms with van der Waals surface area (Å²) < 4.78 is 31.7. The van der Waals surface area contributed by atoms with Crippen LogP contribution in [0.5, 0.6) is 0 Å². The number of hydrogen-bond donors (Lipinski definition) is 0. The van der Waals surface area contributed by atoms with Crippen molar-refractivity contribution in [3.63, 3.8) is 0 Å². The number of piperidine rings is 1. The van der Waals surface area contributed by atoms with E-state index >= 15 is 0 Å². The molecule has 1 saturated heterocycles. The molecule has 1 aliphatic rings. The van der Waals surface area contributed by atoms with Gasteiger partial charge in [-0.25, -0.2) is 8.42 Å². The molecule has 1 aliphatic heterocycles.